The summed E-state index contributed by atoms with van der Waals surface area (Å²) >= 11 is 0. The molecule has 0 radical (unpaired) electrons. The molecule has 0 aliphatic heterocycles. The van der Waals surface area contributed by atoms with Gasteiger partial charge in [0.15, 0.2) is 6.10 Å². The minimum absolute atomic E-state index is 0.269. The Hall–Kier alpha value is -4.00. The molecule has 0 saturated carbocycles. The van der Waals surface area contributed by atoms with Crippen LogP contribution in [0.2, 0.25) is 0 Å². The number of anilines is 2. The average molecular weight is 434 g/mol. The molecule has 1 unspecified atom stereocenters. The number of para-hydroxylation sites is 2. The molecule has 0 spiro atoms. The molecule has 2 amide bonds. The topological polar surface area (TPSA) is 85.9 Å². The van der Waals surface area contributed by atoms with Gasteiger partial charge in [-0.3, -0.25) is 9.59 Å². The summed E-state index contributed by atoms with van der Waals surface area (Å²) in [6.45, 7) is 4.04. The quantitative estimate of drug-likeness (QED) is 0.508. The minimum Gasteiger partial charge on any atom is -0.497 e. The molecule has 1 atom stereocenters. The fraction of sp³-hybridized carbons (Fsp3) is 0.200. The van der Waals surface area contributed by atoms with Crippen molar-refractivity contribution in [3.05, 3.63) is 78.4 Å². The van der Waals surface area contributed by atoms with Crippen molar-refractivity contribution in [2.45, 2.75) is 20.0 Å². The van der Waals surface area contributed by atoms with Crippen LogP contribution in [-0.2, 0) is 4.79 Å². The Balaban J connectivity index is 1.57. The molecular formula is C25H26N2O5. The largest absolute Gasteiger partial charge is 0.497 e. The predicted octanol–water partition coefficient (Wildman–Crippen LogP) is 4.75. The zero-order valence-corrected chi connectivity index (χ0v) is 18.3. The van der Waals surface area contributed by atoms with E-state index in [0.717, 1.165) is 0 Å². The number of carbonyl (C=O) groups is 2. The first-order valence-electron chi connectivity index (χ1n) is 10.2. The molecule has 0 saturated heterocycles. The standard InChI is InChI=1S/C25H26N2O5/c1-4-31-23-8-6-5-7-22(23)27-25(29)18-9-13-21(14-10-18)32-17(2)24(28)26-19-11-15-20(30-3)16-12-19/h5-17H,4H2,1-3H3,(H,26,28)(H,27,29). The van der Waals surface area contributed by atoms with E-state index in [1.165, 1.54) is 0 Å². The monoisotopic (exact) mass is 434 g/mol. The lowest BCUT2D eigenvalue weighted by atomic mass is 10.2. The Kier molecular flexibility index (Phi) is 7.70. The van der Waals surface area contributed by atoms with Gasteiger partial charge in [0.05, 0.1) is 19.4 Å². The lowest BCUT2D eigenvalue weighted by Gasteiger charge is -2.15. The number of methoxy groups -OCH3 is 1. The first-order chi connectivity index (χ1) is 15.5. The van der Waals surface area contributed by atoms with Gasteiger partial charge in [-0.25, -0.2) is 0 Å². The molecule has 7 heteroatoms. The average Bonchev–Trinajstić information content (AvgIpc) is 2.81. The van der Waals surface area contributed by atoms with E-state index in [4.69, 9.17) is 14.2 Å². The van der Waals surface area contributed by atoms with Crippen LogP contribution in [0.15, 0.2) is 72.8 Å². The third-order valence-electron chi connectivity index (χ3n) is 4.59. The van der Waals surface area contributed by atoms with Gasteiger partial charge in [0.1, 0.15) is 17.2 Å². The van der Waals surface area contributed by atoms with Crippen LogP contribution in [0.5, 0.6) is 17.2 Å². The van der Waals surface area contributed by atoms with E-state index in [1.54, 1.807) is 74.7 Å². The molecule has 166 valence electrons. The van der Waals surface area contributed by atoms with Gasteiger partial charge in [0.25, 0.3) is 11.8 Å². The van der Waals surface area contributed by atoms with Crippen LogP contribution in [0.4, 0.5) is 11.4 Å². The normalized spacial score (nSPS) is 11.2. The Bertz CT molecular complexity index is 1050. The molecule has 0 aromatic heterocycles. The number of hydrogen-bond donors (Lipinski definition) is 2. The van der Waals surface area contributed by atoms with Crippen LogP contribution in [0.3, 0.4) is 0 Å². The number of hydrogen-bond acceptors (Lipinski definition) is 5. The Morgan fingerprint density at radius 3 is 2.19 bits per heavy atom. The molecule has 3 rings (SSSR count). The molecule has 0 heterocycles. The van der Waals surface area contributed by atoms with Gasteiger partial charge in [0.2, 0.25) is 0 Å². The number of benzene rings is 3. The summed E-state index contributed by atoms with van der Waals surface area (Å²) in [5.41, 5.74) is 1.70. The number of ether oxygens (including phenoxy) is 3. The van der Waals surface area contributed by atoms with Crippen molar-refractivity contribution in [3.63, 3.8) is 0 Å². The van der Waals surface area contributed by atoms with Crippen molar-refractivity contribution in [3.8, 4) is 17.2 Å². The molecule has 3 aromatic rings. The molecule has 3 aromatic carbocycles. The summed E-state index contributed by atoms with van der Waals surface area (Å²) in [6.07, 6.45) is -0.727. The van der Waals surface area contributed by atoms with E-state index in [9.17, 15) is 9.59 Å². The fourth-order valence-electron chi connectivity index (χ4n) is 2.91. The second kappa shape index (κ2) is 10.9. The summed E-state index contributed by atoms with van der Waals surface area (Å²) in [6, 6.07) is 20.9. The molecule has 0 fully saturated rings. The Labute approximate surface area is 187 Å². The van der Waals surface area contributed by atoms with E-state index < -0.39 is 6.10 Å². The molecule has 0 bridgehead atoms. The lowest BCUT2D eigenvalue weighted by Crippen LogP contribution is -2.30. The van der Waals surface area contributed by atoms with Gasteiger partial charge in [-0.15, -0.1) is 0 Å². The van der Waals surface area contributed by atoms with E-state index in [-0.39, 0.29) is 11.8 Å². The third kappa shape index (κ3) is 6.01. The molecular weight excluding hydrogens is 408 g/mol. The minimum atomic E-state index is -0.727. The van der Waals surface area contributed by atoms with Crippen LogP contribution in [0.1, 0.15) is 24.2 Å². The van der Waals surface area contributed by atoms with Gasteiger partial charge in [-0.2, -0.15) is 0 Å². The first-order valence-corrected chi connectivity index (χ1v) is 10.2. The van der Waals surface area contributed by atoms with Crippen molar-refractivity contribution < 1.29 is 23.8 Å². The van der Waals surface area contributed by atoms with Crippen molar-refractivity contribution in [1.82, 2.24) is 0 Å². The summed E-state index contributed by atoms with van der Waals surface area (Å²) in [7, 11) is 1.58. The van der Waals surface area contributed by atoms with Crippen molar-refractivity contribution in [2.24, 2.45) is 0 Å². The predicted molar refractivity (Wildman–Crippen MR) is 124 cm³/mol. The van der Waals surface area contributed by atoms with Gasteiger partial charge in [-0.1, -0.05) is 12.1 Å². The van der Waals surface area contributed by atoms with Gasteiger partial charge >= 0.3 is 0 Å². The molecule has 7 nitrogen and oxygen atoms in total. The number of amides is 2. The number of carbonyl (C=O) groups excluding carboxylic acids is 2. The second-order valence-corrected chi connectivity index (χ2v) is 6.89. The maximum Gasteiger partial charge on any atom is 0.265 e. The highest BCUT2D eigenvalue weighted by Crippen LogP contribution is 2.25. The highest BCUT2D eigenvalue weighted by Gasteiger charge is 2.16. The van der Waals surface area contributed by atoms with Gasteiger partial charge < -0.3 is 24.8 Å². The second-order valence-electron chi connectivity index (χ2n) is 6.89. The molecule has 32 heavy (non-hydrogen) atoms. The molecule has 0 aliphatic carbocycles. The van der Waals surface area contributed by atoms with E-state index in [0.29, 0.717) is 40.8 Å². The van der Waals surface area contributed by atoms with Gasteiger partial charge in [-0.05, 0) is 74.5 Å². The fourth-order valence-corrected chi connectivity index (χ4v) is 2.91. The molecule has 0 aliphatic rings. The Morgan fingerprint density at radius 1 is 0.875 bits per heavy atom. The van der Waals surface area contributed by atoms with Gasteiger partial charge in [0, 0.05) is 11.3 Å². The van der Waals surface area contributed by atoms with Crippen LogP contribution in [0, 0.1) is 0 Å². The molecule has 2 N–H and O–H groups in total. The Morgan fingerprint density at radius 2 is 1.53 bits per heavy atom. The zero-order chi connectivity index (χ0) is 22.9. The van der Waals surface area contributed by atoms with E-state index in [1.807, 2.05) is 19.1 Å². The zero-order valence-electron chi connectivity index (χ0n) is 18.3. The van der Waals surface area contributed by atoms with E-state index >= 15 is 0 Å². The van der Waals surface area contributed by atoms with Crippen LogP contribution >= 0.6 is 0 Å². The van der Waals surface area contributed by atoms with Crippen molar-refractivity contribution in [2.75, 3.05) is 24.4 Å². The summed E-state index contributed by atoms with van der Waals surface area (Å²) < 4.78 is 16.3. The van der Waals surface area contributed by atoms with Crippen molar-refractivity contribution in [1.29, 1.82) is 0 Å². The summed E-state index contributed by atoms with van der Waals surface area (Å²) in [4.78, 5) is 25.0. The summed E-state index contributed by atoms with van der Waals surface area (Å²) in [5, 5.41) is 5.64. The van der Waals surface area contributed by atoms with E-state index in [2.05, 4.69) is 10.6 Å². The third-order valence-corrected chi connectivity index (χ3v) is 4.59. The number of rotatable bonds is 9. The summed E-state index contributed by atoms with van der Waals surface area (Å²) in [5.74, 6) is 1.24. The van der Waals surface area contributed by atoms with Crippen LogP contribution < -0.4 is 24.8 Å². The lowest BCUT2D eigenvalue weighted by molar-refractivity contribution is -0.122. The SMILES string of the molecule is CCOc1ccccc1NC(=O)c1ccc(OC(C)C(=O)Nc2ccc(OC)cc2)cc1. The highest BCUT2D eigenvalue weighted by molar-refractivity contribution is 6.05. The van der Waals surface area contributed by atoms with Crippen LogP contribution in [0.25, 0.3) is 0 Å². The highest BCUT2D eigenvalue weighted by atomic mass is 16.5. The van der Waals surface area contributed by atoms with Crippen molar-refractivity contribution >= 4 is 23.2 Å². The maximum absolute atomic E-state index is 12.6. The maximum atomic E-state index is 12.6. The first kappa shape index (κ1) is 22.7. The van der Waals surface area contributed by atoms with Crippen LogP contribution in [-0.4, -0.2) is 31.6 Å². The number of nitrogens with one attached hydrogen (secondary N) is 2. The smallest absolute Gasteiger partial charge is 0.265 e.